The second-order valence-electron chi connectivity index (χ2n) is 11.8. The predicted octanol–water partition coefficient (Wildman–Crippen LogP) is 5.60. The van der Waals surface area contributed by atoms with Gasteiger partial charge in [0.15, 0.2) is 0 Å². The minimum atomic E-state index is -0.640. The number of H-pyrrole nitrogens is 1. The molecule has 2 aliphatic carbocycles. The summed E-state index contributed by atoms with van der Waals surface area (Å²) in [5.41, 5.74) is 5.09. The summed E-state index contributed by atoms with van der Waals surface area (Å²) in [7, 11) is 2.17. The monoisotopic (exact) mass is 508 g/mol. The molecule has 0 spiro atoms. The van der Waals surface area contributed by atoms with E-state index in [1.165, 1.54) is 33.3 Å². The summed E-state index contributed by atoms with van der Waals surface area (Å²) >= 11 is 0. The van der Waals surface area contributed by atoms with Gasteiger partial charge in [0.2, 0.25) is 0 Å². The Hall–Kier alpha value is -2.96. The van der Waals surface area contributed by atoms with Crippen LogP contribution in [0.3, 0.4) is 0 Å². The minimum Gasteiger partial charge on any atom is -0.388 e. The van der Waals surface area contributed by atoms with E-state index in [1.54, 1.807) is 0 Å². The number of nitrogens with one attached hydrogen (secondary N) is 1. The summed E-state index contributed by atoms with van der Waals surface area (Å²) in [5.74, 6) is 0.508. The average Bonchev–Trinajstić information content (AvgIpc) is 3.29. The molecule has 1 saturated heterocycles. The fraction of sp³-hybridized carbons (Fsp3) is 0.394. The van der Waals surface area contributed by atoms with Crippen LogP contribution >= 0.6 is 0 Å². The van der Waals surface area contributed by atoms with Gasteiger partial charge in [0.25, 0.3) is 0 Å². The standard InChI is InChI=1S/C33H36N2O3/c1-35-20-33(36)17-27-26(33)16-29(35)30-25-14-8-9-15-28(25)34-31(30)32(27,21-37-18-23-10-4-2-5-11-23)22-38-19-24-12-6-3-7-13-24/h2-15,26-27,29,34,36H,16-22H2,1H3. The van der Waals surface area contributed by atoms with Crippen molar-refractivity contribution >= 4 is 10.9 Å². The molecule has 4 unspecified atom stereocenters. The molecule has 5 nitrogen and oxygen atoms in total. The lowest BCUT2D eigenvalue weighted by Crippen LogP contribution is -2.67. The summed E-state index contributed by atoms with van der Waals surface area (Å²) in [4.78, 5) is 6.25. The molecule has 196 valence electrons. The molecule has 3 aromatic carbocycles. The maximum absolute atomic E-state index is 11.7. The molecule has 2 heterocycles. The molecule has 1 aromatic heterocycles. The molecule has 3 aliphatic rings. The molecular formula is C33H36N2O3. The van der Waals surface area contributed by atoms with E-state index in [-0.39, 0.29) is 23.3 Å². The number of benzene rings is 3. The van der Waals surface area contributed by atoms with Crippen LogP contribution in [0.5, 0.6) is 0 Å². The molecule has 2 N–H and O–H groups in total. The highest BCUT2D eigenvalue weighted by Gasteiger charge is 2.66. The Morgan fingerprint density at radius 2 is 1.45 bits per heavy atom. The maximum atomic E-state index is 11.7. The Labute approximate surface area is 224 Å². The molecule has 0 radical (unpaired) electrons. The van der Waals surface area contributed by atoms with Crippen LogP contribution in [0.25, 0.3) is 10.9 Å². The van der Waals surface area contributed by atoms with E-state index in [0.717, 1.165) is 12.8 Å². The Balaban J connectivity index is 1.32. The highest BCUT2D eigenvalue weighted by atomic mass is 16.5. The number of β-amino-alcohol motifs (C(OH)–C–C–N with tert-alkyl or cyclic N) is 1. The molecule has 1 aliphatic heterocycles. The number of aliphatic hydroxyl groups is 1. The van der Waals surface area contributed by atoms with Gasteiger partial charge in [-0.1, -0.05) is 78.9 Å². The number of ether oxygens (including phenoxy) is 2. The van der Waals surface area contributed by atoms with Gasteiger partial charge in [-0.2, -0.15) is 0 Å². The van der Waals surface area contributed by atoms with E-state index in [0.29, 0.717) is 33.0 Å². The lowest BCUT2D eigenvalue weighted by atomic mass is 9.50. The fourth-order valence-electron chi connectivity index (χ4n) is 7.67. The Bertz CT molecular complexity index is 1370. The molecule has 1 saturated carbocycles. The topological polar surface area (TPSA) is 57.7 Å². The average molecular weight is 509 g/mol. The molecular weight excluding hydrogens is 472 g/mol. The molecule has 4 atom stereocenters. The quantitative estimate of drug-likeness (QED) is 0.326. The van der Waals surface area contributed by atoms with Gasteiger partial charge in [0.1, 0.15) is 0 Å². The Kier molecular flexibility index (Phi) is 5.93. The molecule has 38 heavy (non-hydrogen) atoms. The first-order valence-corrected chi connectivity index (χ1v) is 13.8. The zero-order valence-corrected chi connectivity index (χ0v) is 22.0. The van der Waals surface area contributed by atoms with Crippen molar-refractivity contribution in [2.75, 3.05) is 26.8 Å². The number of piperidine rings is 1. The molecule has 0 amide bonds. The summed E-state index contributed by atoms with van der Waals surface area (Å²) in [6.45, 7) is 2.92. The van der Waals surface area contributed by atoms with E-state index in [4.69, 9.17) is 9.47 Å². The van der Waals surface area contributed by atoms with Crippen LogP contribution in [0, 0.1) is 11.8 Å². The number of likely N-dealkylation sites (N-methyl/N-ethyl adjacent to an activating group) is 1. The molecule has 5 heteroatoms. The Morgan fingerprint density at radius 3 is 2.11 bits per heavy atom. The lowest BCUT2D eigenvalue weighted by Gasteiger charge is -2.61. The van der Waals surface area contributed by atoms with Crippen LogP contribution in [0.2, 0.25) is 0 Å². The number of fused-ring (bicyclic) bond motifs is 5. The predicted molar refractivity (Wildman–Crippen MR) is 149 cm³/mol. The van der Waals surface area contributed by atoms with Crippen LogP contribution in [0.1, 0.15) is 41.3 Å². The highest BCUT2D eigenvalue weighted by molar-refractivity contribution is 5.86. The number of likely N-dealkylation sites (tertiary alicyclic amines) is 1. The van der Waals surface area contributed by atoms with E-state index in [2.05, 4.69) is 89.7 Å². The molecule has 2 bridgehead atoms. The smallest absolute Gasteiger partial charge is 0.0809 e. The third-order valence-corrected chi connectivity index (χ3v) is 9.51. The second-order valence-corrected chi connectivity index (χ2v) is 11.8. The highest BCUT2D eigenvalue weighted by Crippen LogP contribution is 2.63. The fourth-order valence-corrected chi connectivity index (χ4v) is 7.67. The first-order valence-electron chi connectivity index (χ1n) is 13.8. The minimum absolute atomic E-state index is 0.226. The Morgan fingerprint density at radius 1 is 0.842 bits per heavy atom. The maximum Gasteiger partial charge on any atom is 0.0809 e. The summed E-state index contributed by atoms with van der Waals surface area (Å²) in [6, 6.07) is 29.7. The lowest BCUT2D eigenvalue weighted by molar-refractivity contribution is -0.213. The number of rotatable bonds is 8. The van der Waals surface area contributed by atoms with E-state index < -0.39 is 5.60 Å². The van der Waals surface area contributed by atoms with Gasteiger partial charge in [0.05, 0.1) is 37.4 Å². The van der Waals surface area contributed by atoms with Crippen molar-refractivity contribution in [3.05, 3.63) is 107 Å². The van der Waals surface area contributed by atoms with Crippen molar-refractivity contribution in [1.29, 1.82) is 0 Å². The zero-order valence-electron chi connectivity index (χ0n) is 22.0. The summed E-state index contributed by atoms with van der Waals surface area (Å²) < 4.78 is 13.2. The van der Waals surface area contributed by atoms with Crippen molar-refractivity contribution in [3.8, 4) is 0 Å². The van der Waals surface area contributed by atoms with Gasteiger partial charge in [-0.15, -0.1) is 0 Å². The van der Waals surface area contributed by atoms with Crippen LogP contribution in [-0.4, -0.2) is 47.4 Å². The third-order valence-electron chi connectivity index (χ3n) is 9.51. The van der Waals surface area contributed by atoms with Crippen molar-refractivity contribution < 1.29 is 14.6 Å². The number of para-hydroxylation sites is 1. The van der Waals surface area contributed by atoms with Crippen LogP contribution in [-0.2, 0) is 28.1 Å². The van der Waals surface area contributed by atoms with Gasteiger partial charge in [0, 0.05) is 29.2 Å². The number of nitrogens with zero attached hydrogens (tertiary/aromatic N) is 1. The van der Waals surface area contributed by atoms with Crippen LogP contribution in [0.4, 0.5) is 0 Å². The molecule has 4 aromatic rings. The largest absolute Gasteiger partial charge is 0.388 e. The summed E-state index contributed by atoms with van der Waals surface area (Å²) in [5, 5.41) is 13.0. The van der Waals surface area contributed by atoms with Gasteiger partial charge >= 0.3 is 0 Å². The van der Waals surface area contributed by atoms with E-state index in [1.807, 2.05) is 12.1 Å². The molecule has 2 fully saturated rings. The van der Waals surface area contributed by atoms with Gasteiger partial charge < -0.3 is 19.6 Å². The third kappa shape index (κ3) is 3.84. The normalized spacial score (nSPS) is 27.5. The van der Waals surface area contributed by atoms with Crippen molar-refractivity contribution in [2.45, 2.75) is 43.1 Å². The van der Waals surface area contributed by atoms with Crippen molar-refractivity contribution in [1.82, 2.24) is 9.88 Å². The van der Waals surface area contributed by atoms with Crippen LogP contribution in [0.15, 0.2) is 84.9 Å². The molecule has 7 rings (SSSR count). The zero-order chi connectivity index (χ0) is 25.7. The van der Waals surface area contributed by atoms with Crippen molar-refractivity contribution in [3.63, 3.8) is 0 Å². The van der Waals surface area contributed by atoms with E-state index in [9.17, 15) is 5.11 Å². The number of aromatic amines is 1. The van der Waals surface area contributed by atoms with Crippen molar-refractivity contribution in [2.24, 2.45) is 11.8 Å². The van der Waals surface area contributed by atoms with Gasteiger partial charge in [-0.3, -0.25) is 4.90 Å². The first kappa shape index (κ1) is 24.1. The van der Waals surface area contributed by atoms with Crippen LogP contribution < -0.4 is 0 Å². The van der Waals surface area contributed by atoms with Gasteiger partial charge in [-0.05, 0) is 54.5 Å². The van der Waals surface area contributed by atoms with E-state index >= 15 is 0 Å². The summed E-state index contributed by atoms with van der Waals surface area (Å²) in [6.07, 6.45) is 1.73. The van der Waals surface area contributed by atoms with Gasteiger partial charge in [-0.25, -0.2) is 0 Å². The second kappa shape index (κ2) is 9.35. The number of hydrogen-bond acceptors (Lipinski definition) is 4. The SMILES string of the molecule is CN1CC2(O)CC3C2CC1c1c([nH]c2ccccc12)C3(COCc1ccccc1)COCc1ccccc1. The first-order chi connectivity index (χ1) is 18.6. The number of aromatic nitrogens is 1. The number of hydrogen-bond donors (Lipinski definition) is 2.